The summed E-state index contributed by atoms with van der Waals surface area (Å²) in [5.74, 6) is 2.06. The highest BCUT2D eigenvalue weighted by Crippen LogP contribution is 2.30. The molecule has 1 aromatic rings. The van der Waals surface area contributed by atoms with Crippen LogP contribution in [0.2, 0.25) is 0 Å². The minimum Gasteiger partial charge on any atom is -0.332 e. The minimum absolute atomic E-state index is 0.590. The fourth-order valence-corrected chi connectivity index (χ4v) is 6.00. The lowest BCUT2D eigenvalue weighted by atomic mass is 9.92. The van der Waals surface area contributed by atoms with Crippen molar-refractivity contribution in [1.29, 1.82) is 0 Å². The molecule has 0 saturated heterocycles. The van der Waals surface area contributed by atoms with Crippen LogP contribution in [0.5, 0.6) is 0 Å². The fourth-order valence-electron chi connectivity index (χ4n) is 6.00. The van der Waals surface area contributed by atoms with E-state index in [-0.39, 0.29) is 0 Å². The van der Waals surface area contributed by atoms with Crippen LogP contribution in [-0.2, 0) is 0 Å². The number of hydrogen-bond donors (Lipinski definition) is 0. The molecule has 218 valence electrons. The second-order valence-corrected chi connectivity index (χ2v) is 12.2. The van der Waals surface area contributed by atoms with E-state index in [1.807, 2.05) is 0 Å². The summed E-state index contributed by atoms with van der Waals surface area (Å²) in [7, 11) is 0. The molecule has 0 aliphatic rings. The van der Waals surface area contributed by atoms with E-state index in [9.17, 15) is 0 Å². The van der Waals surface area contributed by atoms with Gasteiger partial charge in [0, 0.05) is 24.4 Å². The lowest BCUT2D eigenvalue weighted by Gasteiger charge is -2.22. The van der Waals surface area contributed by atoms with Gasteiger partial charge in [0.15, 0.2) is 0 Å². The Labute approximate surface area is 234 Å². The molecule has 1 unspecified atom stereocenters. The molecule has 1 aromatic heterocycles. The van der Waals surface area contributed by atoms with Crippen LogP contribution in [0.15, 0.2) is 12.4 Å². The van der Waals surface area contributed by atoms with Crippen LogP contribution >= 0.6 is 0 Å². The molecule has 1 rings (SSSR count). The van der Waals surface area contributed by atoms with Gasteiger partial charge in [-0.3, -0.25) is 0 Å². The summed E-state index contributed by atoms with van der Waals surface area (Å²) in [6.07, 6.45) is 40.8. The number of hydrogen-bond acceptors (Lipinski definition) is 1. The maximum atomic E-state index is 4.97. The molecule has 2 heteroatoms. The Hall–Kier alpha value is -0.790. The molecule has 0 bridgehead atoms. The van der Waals surface area contributed by atoms with Crippen LogP contribution in [0.1, 0.15) is 212 Å². The Balaban J connectivity index is 2.47. The molecule has 0 N–H and O–H groups in total. The lowest BCUT2D eigenvalue weighted by Crippen LogP contribution is -2.13. The first-order valence-electron chi connectivity index (χ1n) is 17.3. The zero-order valence-corrected chi connectivity index (χ0v) is 26.1. The van der Waals surface area contributed by atoms with Crippen LogP contribution in [0, 0.1) is 0 Å². The van der Waals surface area contributed by atoms with Gasteiger partial charge in [0.1, 0.15) is 5.82 Å². The van der Waals surface area contributed by atoms with Gasteiger partial charge in [0.2, 0.25) is 0 Å². The van der Waals surface area contributed by atoms with Crippen molar-refractivity contribution in [3.8, 4) is 0 Å². The molecule has 0 saturated carbocycles. The van der Waals surface area contributed by atoms with Crippen LogP contribution in [0.25, 0.3) is 0 Å². The maximum absolute atomic E-state index is 4.97. The van der Waals surface area contributed by atoms with Gasteiger partial charge in [0.05, 0.1) is 0 Å². The van der Waals surface area contributed by atoms with Gasteiger partial charge >= 0.3 is 0 Å². The van der Waals surface area contributed by atoms with Crippen LogP contribution < -0.4 is 0 Å². The lowest BCUT2D eigenvalue weighted by molar-refractivity contribution is 0.412. The third-order valence-electron chi connectivity index (χ3n) is 8.58. The topological polar surface area (TPSA) is 17.8 Å². The van der Waals surface area contributed by atoms with Gasteiger partial charge in [-0.15, -0.1) is 0 Å². The van der Waals surface area contributed by atoms with Crippen molar-refractivity contribution in [1.82, 2.24) is 9.55 Å². The second kappa shape index (κ2) is 25.5. The van der Waals surface area contributed by atoms with Crippen molar-refractivity contribution in [2.45, 2.75) is 207 Å². The summed E-state index contributed by atoms with van der Waals surface area (Å²) >= 11 is 0. The molecule has 0 spiro atoms. The van der Waals surface area contributed by atoms with E-state index in [1.54, 1.807) is 0 Å². The molecule has 0 amide bonds. The van der Waals surface area contributed by atoms with Crippen LogP contribution in [-0.4, -0.2) is 9.55 Å². The van der Waals surface area contributed by atoms with E-state index in [4.69, 9.17) is 4.98 Å². The first kappa shape index (κ1) is 34.2. The van der Waals surface area contributed by atoms with Gasteiger partial charge in [-0.05, 0) is 26.2 Å². The first-order valence-corrected chi connectivity index (χ1v) is 17.3. The summed E-state index contributed by atoms with van der Waals surface area (Å²) < 4.78 is 2.57. The molecule has 0 radical (unpaired) electrons. The Bertz CT molecular complexity index is 560. The SMILES string of the molecule is CCCCCCCCCCCC(C)n1ccnc1C(CCCCCCCCC)CCCCCCCCC. The van der Waals surface area contributed by atoms with Crippen molar-refractivity contribution in [3.05, 3.63) is 18.2 Å². The zero-order valence-electron chi connectivity index (χ0n) is 26.1. The molecule has 0 aromatic carbocycles. The van der Waals surface area contributed by atoms with Crippen molar-refractivity contribution in [2.24, 2.45) is 0 Å². The zero-order chi connectivity index (χ0) is 26.8. The molecule has 2 nitrogen and oxygen atoms in total. The van der Waals surface area contributed by atoms with Crippen molar-refractivity contribution >= 4 is 0 Å². The van der Waals surface area contributed by atoms with Crippen molar-refractivity contribution < 1.29 is 0 Å². The van der Waals surface area contributed by atoms with E-state index in [0.29, 0.717) is 12.0 Å². The highest BCUT2D eigenvalue weighted by Gasteiger charge is 2.19. The van der Waals surface area contributed by atoms with Crippen LogP contribution in [0.4, 0.5) is 0 Å². The summed E-state index contributed by atoms with van der Waals surface area (Å²) in [6.45, 7) is 9.37. The standard InChI is InChI=1S/C35H68N2/c1-5-8-11-14-17-18-21-22-25-28-33(4)37-32-31-36-35(37)34(29-26-23-19-15-12-9-6-2)30-27-24-20-16-13-10-7-3/h31-34H,5-30H2,1-4H3. The largest absolute Gasteiger partial charge is 0.332 e. The second-order valence-electron chi connectivity index (χ2n) is 12.2. The molecular formula is C35H68N2. The molecular weight excluding hydrogens is 448 g/mol. The monoisotopic (exact) mass is 517 g/mol. The number of unbranched alkanes of at least 4 members (excludes halogenated alkanes) is 20. The average molecular weight is 517 g/mol. The Morgan fingerprint density at radius 3 is 1.27 bits per heavy atom. The summed E-state index contributed by atoms with van der Waals surface area (Å²) in [4.78, 5) is 4.97. The third kappa shape index (κ3) is 18.2. The first-order chi connectivity index (χ1) is 18.2. The van der Waals surface area contributed by atoms with E-state index in [0.717, 1.165) is 0 Å². The van der Waals surface area contributed by atoms with E-state index in [1.165, 1.54) is 173 Å². The Morgan fingerprint density at radius 2 is 0.865 bits per heavy atom. The predicted molar refractivity (Wildman–Crippen MR) is 167 cm³/mol. The normalized spacial score (nSPS) is 12.6. The van der Waals surface area contributed by atoms with Crippen molar-refractivity contribution in [2.75, 3.05) is 0 Å². The molecule has 1 heterocycles. The maximum Gasteiger partial charge on any atom is 0.111 e. The predicted octanol–water partition coefficient (Wildman–Crippen LogP) is 12.7. The fraction of sp³-hybridized carbons (Fsp3) is 0.914. The Kier molecular flexibility index (Phi) is 23.6. The molecule has 37 heavy (non-hydrogen) atoms. The quantitative estimate of drug-likeness (QED) is 0.101. The molecule has 0 fully saturated rings. The smallest absolute Gasteiger partial charge is 0.111 e. The summed E-state index contributed by atoms with van der Waals surface area (Å²) in [5.41, 5.74) is 0. The van der Waals surface area contributed by atoms with E-state index < -0.39 is 0 Å². The number of nitrogens with zero attached hydrogens (tertiary/aromatic N) is 2. The Morgan fingerprint density at radius 1 is 0.514 bits per heavy atom. The van der Waals surface area contributed by atoms with Gasteiger partial charge < -0.3 is 4.57 Å². The summed E-state index contributed by atoms with van der Waals surface area (Å²) in [5, 5.41) is 0. The number of rotatable bonds is 28. The van der Waals surface area contributed by atoms with Gasteiger partial charge in [-0.1, -0.05) is 168 Å². The van der Waals surface area contributed by atoms with Crippen LogP contribution in [0.3, 0.4) is 0 Å². The average Bonchev–Trinajstić information content (AvgIpc) is 3.40. The van der Waals surface area contributed by atoms with Gasteiger partial charge in [-0.2, -0.15) is 0 Å². The molecule has 0 aliphatic carbocycles. The number of imidazole rings is 1. The van der Waals surface area contributed by atoms with Crippen molar-refractivity contribution in [3.63, 3.8) is 0 Å². The highest BCUT2D eigenvalue weighted by molar-refractivity contribution is 5.02. The molecule has 0 aliphatic heterocycles. The molecule has 1 atom stereocenters. The van der Waals surface area contributed by atoms with E-state index >= 15 is 0 Å². The van der Waals surface area contributed by atoms with E-state index in [2.05, 4.69) is 44.7 Å². The minimum atomic E-state index is 0.590. The third-order valence-corrected chi connectivity index (χ3v) is 8.58. The highest BCUT2D eigenvalue weighted by atomic mass is 15.1. The van der Waals surface area contributed by atoms with Gasteiger partial charge in [0.25, 0.3) is 0 Å². The summed E-state index contributed by atoms with van der Waals surface area (Å²) in [6, 6.07) is 0.590. The van der Waals surface area contributed by atoms with Gasteiger partial charge in [-0.25, -0.2) is 4.98 Å². The number of aromatic nitrogens is 2.